The molecular weight excluding hydrogens is 438 g/mol. The Kier molecular flexibility index (Phi) is 8.14. The van der Waals surface area contributed by atoms with Gasteiger partial charge in [-0.3, -0.25) is 4.79 Å². The highest BCUT2D eigenvalue weighted by atomic mass is 32.2. The van der Waals surface area contributed by atoms with Crippen LogP contribution in [0.1, 0.15) is 18.1 Å². The molecular formula is C25H27N3O2S2. The van der Waals surface area contributed by atoms with Gasteiger partial charge in [0, 0.05) is 16.3 Å². The Bertz CT molecular complexity index is 1120. The number of amides is 1. The molecule has 5 nitrogen and oxygen atoms in total. The molecule has 1 unspecified atom stereocenters. The molecule has 0 spiro atoms. The molecule has 1 amide bonds. The molecule has 0 saturated carbocycles. The molecule has 3 rings (SSSR count). The van der Waals surface area contributed by atoms with Crippen molar-refractivity contribution in [1.29, 1.82) is 0 Å². The van der Waals surface area contributed by atoms with Gasteiger partial charge >= 0.3 is 0 Å². The fourth-order valence-corrected chi connectivity index (χ4v) is 4.20. The lowest BCUT2D eigenvalue weighted by molar-refractivity contribution is -0.115. The molecule has 0 aromatic heterocycles. The Labute approximate surface area is 199 Å². The molecule has 0 bridgehead atoms. The van der Waals surface area contributed by atoms with Crippen LogP contribution in [0, 0.1) is 13.8 Å². The number of aryl methyl sites for hydroxylation is 2. The molecule has 3 aromatic rings. The van der Waals surface area contributed by atoms with Gasteiger partial charge in [0.1, 0.15) is 5.75 Å². The van der Waals surface area contributed by atoms with Crippen molar-refractivity contribution in [2.45, 2.75) is 30.9 Å². The van der Waals surface area contributed by atoms with E-state index >= 15 is 0 Å². The lowest BCUT2D eigenvalue weighted by Crippen LogP contribution is -2.23. The predicted octanol–water partition coefficient (Wildman–Crippen LogP) is 6.24. The molecule has 0 saturated heterocycles. The molecule has 1 atom stereocenters. The van der Waals surface area contributed by atoms with Crippen molar-refractivity contribution in [3.63, 3.8) is 0 Å². The first kappa shape index (κ1) is 23.6. The number of methoxy groups -OCH3 is 1. The van der Waals surface area contributed by atoms with Gasteiger partial charge in [-0.2, -0.15) is 0 Å². The molecule has 0 fully saturated rings. The smallest absolute Gasteiger partial charge is 0.237 e. The third kappa shape index (κ3) is 6.48. The number of nitrogens with one attached hydrogen (secondary N) is 3. The van der Waals surface area contributed by atoms with Gasteiger partial charge in [-0.05, 0) is 80.5 Å². The molecule has 0 radical (unpaired) electrons. The van der Waals surface area contributed by atoms with Gasteiger partial charge in [0.2, 0.25) is 5.91 Å². The third-order valence-electron chi connectivity index (χ3n) is 4.78. The van der Waals surface area contributed by atoms with Gasteiger partial charge in [-0.1, -0.05) is 30.3 Å². The second-order valence-electron chi connectivity index (χ2n) is 7.37. The van der Waals surface area contributed by atoms with E-state index in [1.807, 2.05) is 87.5 Å². The fraction of sp³-hybridized carbons (Fsp3) is 0.200. The highest BCUT2D eigenvalue weighted by molar-refractivity contribution is 8.00. The summed E-state index contributed by atoms with van der Waals surface area (Å²) < 4.78 is 5.35. The zero-order valence-corrected chi connectivity index (χ0v) is 20.2. The monoisotopic (exact) mass is 465 g/mol. The molecule has 166 valence electrons. The van der Waals surface area contributed by atoms with Gasteiger partial charge in [-0.25, -0.2) is 0 Å². The molecule has 0 aliphatic rings. The third-order valence-corrected chi connectivity index (χ3v) is 6.08. The number of para-hydroxylation sites is 2. The number of benzene rings is 3. The van der Waals surface area contributed by atoms with Crippen molar-refractivity contribution in [3.05, 3.63) is 77.9 Å². The van der Waals surface area contributed by atoms with E-state index in [-0.39, 0.29) is 11.2 Å². The second kappa shape index (κ2) is 11.0. The quantitative estimate of drug-likeness (QED) is 0.284. The van der Waals surface area contributed by atoms with Gasteiger partial charge in [0.05, 0.1) is 18.0 Å². The predicted molar refractivity (Wildman–Crippen MR) is 139 cm³/mol. The van der Waals surface area contributed by atoms with Crippen LogP contribution < -0.4 is 20.7 Å². The Morgan fingerprint density at radius 2 is 1.72 bits per heavy atom. The number of hydrogen-bond donors (Lipinski definition) is 3. The lowest BCUT2D eigenvalue weighted by atomic mass is 10.1. The van der Waals surface area contributed by atoms with Crippen LogP contribution in [0.3, 0.4) is 0 Å². The number of anilines is 3. The summed E-state index contributed by atoms with van der Waals surface area (Å²) in [6.45, 7) is 5.90. The number of thioether (sulfide) groups is 1. The summed E-state index contributed by atoms with van der Waals surface area (Å²) in [5.41, 5.74) is 4.64. The summed E-state index contributed by atoms with van der Waals surface area (Å²) in [5.74, 6) is 0.681. The standard InChI is InChI=1S/C25H27N3O2S2/c1-16-12-13-17(2)22(14-16)27-24(29)18(3)32-20-9-7-8-19(15-20)26-25(31)28-21-10-5-6-11-23(21)30-4/h5-15,18H,1-4H3,(H,27,29)(H2,26,28,31). The van der Waals surface area contributed by atoms with Gasteiger partial charge in [0.25, 0.3) is 0 Å². The topological polar surface area (TPSA) is 62.4 Å². The van der Waals surface area contributed by atoms with Crippen molar-refractivity contribution < 1.29 is 9.53 Å². The minimum Gasteiger partial charge on any atom is -0.495 e. The van der Waals surface area contributed by atoms with Crippen molar-refractivity contribution >= 4 is 52.1 Å². The van der Waals surface area contributed by atoms with Crippen LogP contribution in [0.5, 0.6) is 5.75 Å². The SMILES string of the molecule is COc1ccccc1NC(=S)Nc1cccc(SC(C)C(=O)Nc2cc(C)ccc2C)c1. The minimum atomic E-state index is -0.260. The summed E-state index contributed by atoms with van der Waals surface area (Å²) >= 11 is 6.94. The Morgan fingerprint density at radius 3 is 2.50 bits per heavy atom. The number of rotatable bonds is 7. The van der Waals surface area contributed by atoms with E-state index in [9.17, 15) is 4.79 Å². The largest absolute Gasteiger partial charge is 0.495 e. The van der Waals surface area contributed by atoms with Gasteiger partial charge < -0.3 is 20.7 Å². The first-order valence-electron chi connectivity index (χ1n) is 10.2. The zero-order valence-electron chi connectivity index (χ0n) is 18.6. The Hall–Kier alpha value is -3.03. The summed E-state index contributed by atoms with van der Waals surface area (Å²) in [6.07, 6.45) is 0. The summed E-state index contributed by atoms with van der Waals surface area (Å²) in [6, 6.07) is 21.4. The summed E-state index contributed by atoms with van der Waals surface area (Å²) in [5, 5.41) is 9.57. The van der Waals surface area contributed by atoms with Crippen LogP contribution >= 0.6 is 24.0 Å². The maximum atomic E-state index is 12.7. The highest BCUT2D eigenvalue weighted by Gasteiger charge is 2.16. The van der Waals surface area contributed by atoms with Crippen LogP contribution in [0.4, 0.5) is 17.1 Å². The Balaban J connectivity index is 1.61. The van der Waals surface area contributed by atoms with E-state index < -0.39 is 0 Å². The minimum absolute atomic E-state index is 0.0320. The summed E-state index contributed by atoms with van der Waals surface area (Å²) in [4.78, 5) is 13.7. The second-order valence-corrected chi connectivity index (χ2v) is 9.20. The van der Waals surface area contributed by atoms with E-state index in [4.69, 9.17) is 17.0 Å². The number of carbonyl (C=O) groups excluding carboxylic acids is 1. The van der Waals surface area contributed by atoms with Crippen LogP contribution in [0.15, 0.2) is 71.6 Å². The maximum Gasteiger partial charge on any atom is 0.237 e. The van der Waals surface area contributed by atoms with Crippen molar-refractivity contribution in [2.24, 2.45) is 0 Å². The first-order valence-corrected chi connectivity index (χ1v) is 11.5. The molecule has 3 aromatic carbocycles. The van der Waals surface area contributed by atoms with Crippen molar-refractivity contribution in [3.8, 4) is 5.75 Å². The fourth-order valence-electron chi connectivity index (χ4n) is 3.04. The van der Waals surface area contributed by atoms with Gasteiger partial charge in [0.15, 0.2) is 5.11 Å². The van der Waals surface area contributed by atoms with E-state index in [2.05, 4.69) is 16.0 Å². The van der Waals surface area contributed by atoms with E-state index in [0.29, 0.717) is 10.9 Å². The van der Waals surface area contributed by atoms with E-state index in [1.54, 1.807) is 7.11 Å². The number of hydrogen-bond acceptors (Lipinski definition) is 4. The maximum absolute atomic E-state index is 12.7. The first-order chi connectivity index (χ1) is 15.4. The zero-order chi connectivity index (χ0) is 23.1. The molecule has 0 aliphatic heterocycles. The van der Waals surface area contributed by atoms with Crippen molar-refractivity contribution in [1.82, 2.24) is 0 Å². The molecule has 7 heteroatoms. The van der Waals surface area contributed by atoms with Crippen LogP contribution in [0.2, 0.25) is 0 Å². The lowest BCUT2D eigenvalue weighted by Gasteiger charge is -2.16. The normalized spacial score (nSPS) is 11.4. The number of carbonyl (C=O) groups is 1. The van der Waals surface area contributed by atoms with Crippen LogP contribution in [0.25, 0.3) is 0 Å². The van der Waals surface area contributed by atoms with Crippen LogP contribution in [-0.4, -0.2) is 23.4 Å². The average molecular weight is 466 g/mol. The van der Waals surface area contributed by atoms with Gasteiger partial charge in [-0.15, -0.1) is 11.8 Å². The molecule has 0 heterocycles. The molecule has 32 heavy (non-hydrogen) atoms. The number of thiocarbonyl (C=S) groups is 1. The average Bonchev–Trinajstić information content (AvgIpc) is 2.76. The summed E-state index contributed by atoms with van der Waals surface area (Å²) in [7, 11) is 1.62. The highest BCUT2D eigenvalue weighted by Crippen LogP contribution is 2.28. The molecule has 3 N–H and O–H groups in total. The molecule has 0 aliphatic carbocycles. The van der Waals surface area contributed by atoms with Crippen molar-refractivity contribution in [2.75, 3.05) is 23.1 Å². The number of ether oxygens (including phenoxy) is 1. The van der Waals surface area contributed by atoms with E-state index in [1.165, 1.54) is 11.8 Å². The van der Waals surface area contributed by atoms with Crippen LogP contribution in [-0.2, 0) is 4.79 Å². The van der Waals surface area contributed by atoms with E-state index in [0.717, 1.165) is 33.1 Å². The Morgan fingerprint density at radius 1 is 0.938 bits per heavy atom.